The summed E-state index contributed by atoms with van der Waals surface area (Å²) in [6, 6.07) is 10.6. The molecule has 1 aliphatic heterocycles. The van der Waals surface area contributed by atoms with Crippen LogP contribution in [0.4, 0.5) is 0 Å². The Hall–Kier alpha value is -2.13. The van der Waals surface area contributed by atoms with Gasteiger partial charge in [-0.1, -0.05) is 24.3 Å². The second-order valence-corrected chi connectivity index (χ2v) is 5.33. The van der Waals surface area contributed by atoms with Crippen LogP contribution in [-0.4, -0.2) is 16.5 Å². The van der Waals surface area contributed by atoms with Crippen LogP contribution in [0.15, 0.2) is 42.7 Å². The number of aryl methyl sites for hydroxylation is 1. The topological polar surface area (TPSA) is 40.7 Å². The Morgan fingerprint density at radius 1 is 1.10 bits per heavy atom. The van der Waals surface area contributed by atoms with Crippen molar-refractivity contribution in [3.05, 3.63) is 54.0 Å². The van der Waals surface area contributed by atoms with Crippen molar-refractivity contribution >= 4 is 10.9 Å². The van der Waals surface area contributed by atoms with E-state index in [1.54, 1.807) is 0 Å². The molecule has 100 valence electrons. The molecule has 0 amide bonds. The van der Waals surface area contributed by atoms with Crippen molar-refractivity contribution < 1.29 is 0 Å². The lowest BCUT2D eigenvalue weighted by Crippen LogP contribution is -2.11. The van der Waals surface area contributed by atoms with Gasteiger partial charge in [-0.25, -0.2) is 0 Å². The van der Waals surface area contributed by atoms with Crippen LogP contribution in [-0.2, 0) is 13.0 Å². The molecule has 0 saturated heterocycles. The number of hydrogen-bond acceptors (Lipinski definition) is 2. The average Bonchev–Trinajstić information content (AvgIpc) is 2.70. The highest BCUT2D eigenvalue weighted by Gasteiger charge is 2.16. The summed E-state index contributed by atoms with van der Waals surface area (Å²) in [5.74, 6) is 0. The Kier molecular flexibility index (Phi) is 2.78. The summed E-state index contributed by atoms with van der Waals surface area (Å²) in [7, 11) is 0. The summed E-state index contributed by atoms with van der Waals surface area (Å²) in [5.41, 5.74) is 6.48. The van der Waals surface area contributed by atoms with Crippen LogP contribution in [0, 0.1) is 0 Å². The van der Waals surface area contributed by atoms with Crippen molar-refractivity contribution in [1.29, 1.82) is 0 Å². The lowest BCUT2D eigenvalue weighted by Gasteiger charge is -2.04. The number of aromatic nitrogens is 2. The predicted molar refractivity (Wildman–Crippen MR) is 81.6 cm³/mol. The Balaban J connectivity index is 1.96. The van der Waals surface area contributed by atoms with Gasteiger partial charge in [0.15, 0.2) is 0 Å². The van der Waals surface area contributed by atoms with E-state index >= 15 is 0 Å². The highest BCUT2D eigenvalue weighted by Crippen LogP contribution is 2.32. The molecule has 0 unspecified atom stereocenters. The Bertz CT molecular complexity index is 744. The molecular weight excluding hydrogens is 246 g/mol. The molecule has 3 heterocycles. The van der Waals surface area contributed by atoms with E-state index in [2.05, 4.69) is 39.6 Å². The Morgan fingerprint density at radius 2 is 2.10 bits per heavy atom. The summed E-state index contributed by atoms with van der Waals surface area (Å²) in [6.07, 6.45) is 6.07. The maximum atomic E-state index is 4.24. The van der Waals surface area contributed by atoms with Crippen molar-refractivity contribution in [3.63, 3.8) is 0 Å². The zero-order valence-electron chi connectivity index (χ0n) is 11.3. The molecule has 4 rings (SSSR count). The molecule has 0 bridgehead atoms. The van der Waals surface area contributed by atoms with Crippen LogP contribution < -0.4 is 5.32 Å². The van der Waals surface area contributed by atoms with Gasteiger partial charge in [0.05, 0.1) is 5.52 Å². The van der Waals surface area contributed by atoms with E-state index < -0.39 is 0 Å². The minimum absolute atomic E-state index is 0.964. The molecule has 3 aromatic rings. The Labute approximate surface area is 118 Å². The van der Waals surface area contributed by atoms with Crippen LogP contribution in [0.3, 0.4) is 0 Å². The lowest BCUT2D eigenvalue weighted by atomic mass is 10.0. The van der Waals surface area contributed by atoms with Gasteiger partial charge in [0.1, 0.15) is 0 Å². The van der Waals surface area contributed by atoms with Crippen LogP contribution in [0.1, 0.15) is 17.7 Å². The molecule has 20 heavy (non-hydrogen) atoms. The fourth-order valence-electron chi connectivity index (χ4n) is 3.11. The molecule has 0 saturated carbocycles. The number of fused-ring (bicyclic) bond motifs is 3. The first-order valence-electron chi connectivity index (χ1n) is 7.17. The number of rotatable bonds is 1. The second kappa shape index (κ2) is 4.76. The third kappa shape index (κ3) is 1.82. The number of pyridine rings is 1. The van der Waals surface area contributed by atoms with Crippen LogP contribution in [0.25, 0.3) is 22.0 Å². The fraction of sp³-hybridized carbons (Fsp3) is 0.235. The maximum absolute atomic E-state index is 4.24. The molecule has 1 aromatic carbocycles. The van der Waals surface area contributed by atoms with Crippen LogP contribution in [0.5, 0.6) is 0 Å². The molecule has 0 radical (unpaired) electrons. The van der Waals surface area contributed by atoms with Gasteiger partial charge in [-0.15, -0.1) is 0 Å². The summed E-state index contributed by atoms with van der Waals surface area (Å²) in [4.78, 5) is 7.89. The zero-order chi connectivity index (χ0) is 13.4. The highest BCUT2D eigenvalue weighted by atomic mass is 14.9. The first kappa shape index (κ1) is 11.7. The van der Waals surface area contributed by atoms with Gasteiger partial charge in [0.2, 0.25) is 0 Å². The van der Waals surface area contributed by atoms with E-state index in [-0.39, 0.29) is 0 Å². The zero-order valence-corrected chi connectivity index (χ0v) is 11.3. The quantitative estimate of drug-likeness (QED) is 0.707. The number of hydrogen-bond donors (Lipinski definition) is 2. The second-order valence-electron chi connectivity index (χ2n) is 5.33. The smallest absolute Gasteiger partial charge is 0.0539 e. The standard InChI is InChI=1S/C17H17N3/c1-5-13(12-4-2-8-18-10-12)17-14(6-1)15-11-19-9-3-7-16(15)20-17/h1-2,4-6,8,10,19-20H,3,7,9,11H2. The van der Waals surface area contributed by atoms with Gasteiger partial charge >= 0.3 is 0 Å². The lowest BCUT2D eigenvalue weighted by molar-refractivity contribution is 0.680. The number of nitrogens with zero attached hydrogens (tertiary/aromatic N) is 1. The van der Waals surface area contributed by atoms with Crippen LogP contribution >= 0.6 is 0 Å². The van der Waals surface area contributed by atoms with Crippen molar-refractivity contribution in [3.8, 4) is 11.1 Å². The predicted octanol–water partition coefficient (Wildman–Crippen LogP) is 3.27. The van der Waals surface area contributed by atoms with Gasteiger partial charge < -0.3 is 10.3 Å². The van der Waals surface area contributed by atoms with E-state index in [1.165, 1.54) is 39.7 Å². The van der Waals surface area contributed by atoms with E-state index in [1.807, 2.05) is 18.5 Å². The van der Waals surface area contributed by atoms with Gasteiger partial charge in [0, 0.05) is 41.1 Å². The molecule has 2 aromatic heterocycles. The van der Waals surface area contributed by atoms with Gasteiger partial charge in [-0.2, -0.15) is 0 Å². The summed E-state index contributed by atoms with van der Waals surface area (Å²) in [6.45, 7) is 2.07. The number of H-pyrrole nitrogens is 1. The highest BCUT2D eigenvalue weighted by molar-refractivity contribution is 5.96. The average molecular weight is 263 g/mol. The largest absolute Gasteiger partial charge is 0.358 e. The van der Waals surface area contributed by atoms with Crippen molar-refractivity contribution in [1.82, 2.24) is 15.3 Å². The first-order valence-corrected chi connectivity index (χ1v) is 7.17. The minimum Gasteiger partial charge on any atom is -0.358 e. The van der Waals surface area contributed by atoms with Gasteiger partial charge in [0.25, 0.3) is 0 Å². The van der Waals surface area contributed by atoms with E-state index in [0.717, 1.165) is 19.5 Å². The normalized spacial score (nSPS) is 15.0. The van der Waals surface area contributed by atoms with Gasteiger partial charge in [-0.3, -0.25) is 4.98 Å². The van der Waals surface area contributed by atoms with Crippen LogP contribution in [0.2, 0.25) is 0 Å². The molecule has 0 aliphatic carbocycles. The van der Waals surface area contributed by atoms with E-state index in [4.69, 9.17) is 0 Å². The van der Waals surface area contributed by atoms with Crippen molar-refractivity contribution in [2.45, 2.75) is 19.4 Å². The number of benzene rings is 1. The summed E-state index contributed by atoms with van der Waals surface area (Å²) in [5, 5.41) is 4.85. The monoisotopic (exact) mass is 263 g/mol. The van der Waals surface area contributed by atoms with E-state index in [0.29, 0.717) is 0 Å². The summed E-state index contributed by atoms with van der Waals surface area (Å²) < 4.78 is 0. The first-order chi connectivity index (χ1) is 9.93. The Morgan fingerprint density at radius 3 is 3.00 bits per heavy atom. The third-order valence-corrected chi connectivity index (χ3v) is 4.08. The number of aromatic amines is 1. The molecular formula is C17H17N3. The SMILES string of the molecule is c1cncc(-c2cccc3c4c([nH]c23)CCCNC4)c1. The molecule has 1 aliphatic rings. The maximum Gasteiger partial charge on any atom is 0.0539 e. The number of para-hydroxylation sites is 1. The fourth-order valence-corrected chi connectivity index (χ4v) is 3.11. The minimum atomic E-state index is 0.964. The summed E-state index contributed by atoms with van der Waals surface area (Å²) >= 11 is 0. The van der Waals surface area contributed by atoms with Crippen molar-refractivity contribution in [2.24, 2.45) is 0 Å². The molecule has 0 fully saturated rings. The van der Waals surface area contributed by atoms with Crippen molar-refractivity contribution in [2.75, 3.05) is 6.54 Å². The molecule has 3 nitrogen and oxygen atoms in total. The van der Waals surface area contributed by atoms with E-state index in [9.17, 15) is 0 Å². The molecule has 3 heteroatoms. The third-order valence-electron chi connectivity index (χ3n) is 4.08. The molecule has 0 spiro atoms. The molecule has 2 N–H and O–H groups in total. The number of nitrogens with one attached hydrogen (secondary N) is 2. The molecule has 0 atom stereocenters. The van der Waals surface area contributed by atoms with Gasteiger partial charge in [-0.05, 0) is 31.0 Å².